The summed E-state index contributed by atoms with van der Waals surface area (Å²) in [7, 11) is 2.89. The minimum Gasteiger partial charge on any atom is -0.460 e. The highest BCUT2D eigenvalue weighted by molar-refractivity contribution is 6.10. The number of likely N-dealkylation sites (N-methyl/N-ethyl adjacent to an activating group) is 2. The van der Waals surface area contributed by atoms with Crippen molar-refractivity contribution in [3.8, 4) is 11.5 Å². The predicted octanol–water partition coefficient (Wildman–Crippen LogP) is 2.35. The number of fused-ring (bicyclic) bond motifs is 4. The molecule has 12 atom stereocenters. The Morgan fingerprint density at radius 1 is 0.598 bits per heavy atom. The molecule has 1 aliphatic carbocycles. The summed E-state index contributed by atoms with van der Waals surface area (Å²) in [6, 6.07) is -2.28. The van der Waals surface area contributed by atoms with E-state index in [1.165, 1.54) is 108 Å². The van der Waals surface area contributed by atoms with Gasteiger partial charge in [-0.05, 0) is 65.0 Å². The van der Waals surface area contributed by atoms with E-state index < -0.39 is 172 Å². The monoisotopic (exact) mass is 1140 g/mol. The van der Waals surface area contributed by atoms with Gasteiger partial charge in [-0.1, -0.05) is 47.6 Å². The second-order valence-electron chi connectivity index (χ2n) is 22.9. The van der Waals surface area contributed by atoms with E-state index in [0.29, 0.717) is 31.2 Å². The predicted molar refractivity (Wildman–Crippen MR) is 293 cm³/mol. The fourth-order valence-corrected chi connectivity index (χ4v) is 11.2. The molecule has 1 aromatic rings. The van der Waals surface area contributed by atoms with E-state index in [2.05, 4.69) is 10.6 Å². The van der Waals surface area contributed by atoms with Crippen LogP contribution < -0.4 is 21.8 Å². The van der Waals surface area contributed by atoms with Crippen LogP contribution in [0.3, 0.4) is 0 Å². The van der Waals surface area contributed by atoms with Crippen LogP contribution in [0.5, 0.6) is 0 Å². The SMILES string of the molecule is Cc1c2oc3c(C)ccc(C(=O)NC4C(=O)CC(C)C(=O)N5CCCC5C(=O)N(C)CC(=O)C(C)C(C)C(=O)OC4C)c3nc-2c(C(=O)NC2C(=O)CC(C)C(=O)N3CCCC3C(=O)N(C)CC(=O)C(C)C(C)C(=O)OC2C)c(N)c1=O. The fourth-order valence-electron chi connectivity index (χ4n) is 11.2. The zero-order valence-corrected chi connectivity index (χ0v) is 48.5. The fraction of sp³-hybridized carbons (Fsp3) is 0.586. The molecule has 82 heavy (non-hydrogen) atoms. The van der Waals surface area contributed by atoms with Crippen LogP contribution in [0.2, 0.25) is 0 Å². The van der Waals surface area contributed by atoms with Gasteiger partial charge in [-0.2, -0.15) is 0 Å². The van der Waals surface area contributed by atoms with Crippen LogP contribution in [0.25, 0.3) is 22.6 Å². The molecule has 0 aromatic heterocycles. The van der Waals surface area contributed by atoms with E-state index in [4.69, 9.17) is 24.6 Å². The topological polar surface area (TPSA) is 329 Å². The third-order valence-corrected chi connectivity index (χ3v) is 17.0. The van der Waals surface area contributed by atoms with E-state index in [-0.39, 0.29) is 59.9 Å². The van der Waals surface area contributed by atoms with E-state index in [0.717, 1.165) is 0 Å². The van der Waals surface area contributed by atoms with E-state index in [1.807, 2.05) is 0 Å². The average molecular weight is 1140 g/mol. The number of carbonyl (C=O) groups is 12. The average Bonchev–Trinajstić information content (AvgIpc) is 4.27. The highest BCUT2D eigenvalue weighted by Crippen LogP contribution is 2.36. The Bertz CT molecular complexity index is 3190. The zero-order valence-electron chi connectivity index (χ0n) is 48.5. The van der Waals surface area contributed by atoms with Crippen molar-refractivity contribution in [2.45, 2.75) is 144 Å². The minimum absolute atomic E-state index is 0.0445. The third-order valence-electron chi connectivity index (χ3n) is 17.0. The van der Waals surface area contributed by atoms with Gasteiger partial charge in [0.25, 0.3) is 11.8 Å². The molecule has 4 fully saturated rings. The van der Waals surface area contributed by atoms with Gasteiger partial charge in [0.1, 0.15) is 47.6 Å². The third kappa shape index (κ3) is 12.2. The number of ether oxygens (including phenoxy) is 2. The molecule has 442 valence electrons. The lowest BCUT2D eigenvalue weighted by molar-refractivity contribution is -0.159. The van der Waals surface area contributed by atoms with Crippen LogP contribution >= 0.6 is 0 Å². The highest BCUT2D eigenvalue weighted by Gasteiger charge is 2.44. The van der Waals surface area contributed by atoms with Gasteiger partial charge < -0.3 is 49.9 Å². The smallest absolute Gasteiger partial charge is 0.309 e. The molecule has 24 nitrogen and oxygen atoms in total. The van der Waals surface area contributed by atoms with Crippen molar-refractivity contribution in [1.82, 2.24) is 35.2 Å². The standard InChI is InChI=1S/C58H74N8O16/c1-25-17-18-35(51(72)61-44-33(9)80-57(78)30(6)28(4)40(69)23-63(11)55(76)36-15-13-19-65(36)53(74)26(2)21-38(44)67)46-49(25)82-50-32(8)48(71)43(59)42(47(50)60-46)52(73)62-45-34(10)81-58(79)31(7)29(5)41(70)24-64(12)56(77)37-16-14-20-66(37)54(75)27(3)22-39(45)68/h17-18,26-31,33-34,36-37,44-45H,13-16,19-24,59H2,1-12H3,(H,61,72)(H,62,73). The molecule has 5 heterocycles. The summed E-state index contributed by atoms with van der Waals surface area (Å²) < 4.78 is 17.9. The van der Waals surface area contributed by atoms with Crippen LogP contribution in [-0.2, 0) is 57.4 Å². The summed E-state index contributed by atoms with van der Waals surface area (Å²) in [4.78, 5) is 192. The van der Waals surface area contributed by atoms with E-state index in [9.17, 15) is 62.3 Å². The summed E-state index contributed by atoms with van der Waals surface area (Å²) in [6.45, 7) is 14.3. The first-order valence-electron chi connectivity index (χ1n) is 27.9. The summed E-state index contributed by atoms with van der Waals surface area (Å²) in [6.07, 6.45) is -2.19. The van der Waals surface area contributed by atoms with Crippen LogP contribution in [0.15, 0.2) is 21.3 Å². The van der Waals surface area contributed by atoms with Crippen molar-refractivity contribution < 1.29 is 71.4 Å². The molecule has 12 unspecified atom stereocenters. The normalized spacial score (nSPS) is 29.3. The number of nitrogens with two attached hydrogens (primary N) is 1. The Labute approximate surface area is 474 Å². The van der Waals surface area contributed by atoms with Gasteiger partial charge in [-0.15, -0.1) is 0 Å². The molecule has 0 spiro atoms. The number of nitrogens with one attached hydrogen (secondary N) is 2. The maximum absolute atomic E-state index is 14.9. The summed E-state index contributed by atoms with van der Waals surface area (Å²) in [5.74, 6) is -14.7. The lowest BCUT2D eigenvalue weighted by Crippen LogP contribution is -2.52. The first-order chi connectivity index (χ1) is 38.5. The van der Waals surface area contributed by atoms with Crippen molar-refractivity contribution in [2.75, 3.05) is 46.0 Å². The number of aromatic nitrogens is 1. The number of hydrogen-bond donors (Lipinski definition) is 3. The molecular weight excluding hydrogens is 1060 g/mol. The van der Waals surface area contributed by atoms with Crippen LogP contribution in [0.4, 0.5) is 5.69 Å². The van der Waals surface area contributed by atoms with Gasteiger partial charge in [0.2, 0.25) is 29.1 Å². The molecule has 0 bridgehead atoms. The van der Waals surface area contributed by atoms with Crippen molar-refractivity contribution in [1.29, 1.82) is 0 Å². The molecule has 7 rings (SSSR count). The summed E-state index contributed by atoms with van der Waals surface area (Å²) in [5.41, 5.74) is 3.80. The second kappa shape index (κ2) is 24.7. The number of ketones is 4. The van der Waals surface area contributed by atoms with Crippen molar-refractivity contribution >= 4 is 87.3 Å². The molecule has 6 amide bonds. The molecule has 5 aliphatic heterocycles. The van der Waals surface area contributed by atoms with Crippen LogP contribution in [0, 0.1) is 49.4 Å². The first-order valence-corrected chi connectivity index (χ1v) is 27.9. The number of nitrogens with zero attached hydrogens (tertiary/aromatic N) is 5. The maximum Gasteiger partial charge on any atom is 0.309 e. The summed E-state index contributed by atoms with van der Waals surface area (Å²) in [5, 5.41) is 5.22. The molecule has 4 N–H and O–H groups in total. The number of hydrogen-bond acceptors (Lipinski definition) is 18. The number of Topliss-reactive ketones (excluding diaryl/α,β-unsaturated/α-hetero) is 4. The van der Waals surface area contributed by atoms with Crippen LogP contribution in [-0.4, -0.2) is 172 Å². The van der Waals surface area contributed by atoms with Crippen LogP contribution in [0.1, 0.15) is 126 Å². The number of esters is 2. The molecule has 4 saturated heterocycles. The Morgan fingerprint density at radius 2 is 1.04 bits per heavy atom. The Morgan fingerprint density at radius 3 is 1.49 bits per heavy atom. The number of cyclic esters (lactones) is 2. The van der Waals surface area contributed by atoms with Gasteiger partial charge in [0.15, 0.2) is 34.5 Å². The lowest BCUT2D eigenvalue weighted by Gasteiger charge is -2.32. The number of benzene rings is 2. The zero-order chi connectivity index (χ0) is 60.7. The minimum atomic E-state index is -1.72. The van der Waals surface area contributed by atoms with E-state index in [1.54, 1.807) is 6.92 Å². The van der Waals surface area contributed by atoms with Crippen molar-refractivity contribution in [3.05, 3.63) is 44.6 Å². The van der Waals surface area contributed by atoms with Gasteiger partial charge in [-0.3, -0.25) is 62.3 Å². The number of amides is 6. The van der Waals surface area contributed by atoms with Gasteiger partial charge >= 0.3 is 11.9 Å². The number of aryl methyl sites for hydroxylation is 1. The highest BCUT2D eigenvalue weighted by atomic mass is 16.5. The molecular formula is C58H74N8O16. The summed E-state index contributed by atoms with van der Waals surface area (Å²) >= 11 is 0. The molecule has 0 saturated carbocycles. The molecule has 24 heteroatoms. The quantitative estimate of drug-likeness (QED) is 0.192. The largest absolute Gasteiger partial charge is 0.460 e. The van der Waals surface area contributed by atoms with E-state index >= 15 is 0 Å². The molecule has 1 aromatic carbocycles. The first kappa shape index (κ1) is 61.7. The maximum atomic E-state index is 14.9. The number of rotatable bonds is 4. The van der Waals surface area contributed by atoms with Gasteiger partial charge in [0.05, 0.1) is 41.7 Å². The van der Waals surface area contributed by atoms with Gasteiger partial charge in [0, 0.05) is 69.3 Å². The second-order valence-corrected chi connectivity index (χ2v) is 22.9. The van der Waals surface area contributed by atoms with Gasteiger partial charge in [-0.25, -0.2) is 4.98 Å². The number of anilines is 1. The lowest BCUT2D eigenvalue weighted by atomic mass is 9.91. The molecule has 0 radical (unpaired) electrons. The molecule has 6 aliphatic rings. The number of carbonyl (C=O) groups excluding carboxylic acids is 12. The Kier molecular flexibility index (Phi) is 18.6. The van der Waals surface area contributed by atoms with Crippen molar-refractivity contribution in [2.24, 2.45) is 35.5 Å². The van der Waals surface area contributed by atoms with Crippen molar-refractivity contribution in [3.63, 3.8) is 0 Å². The number of nitrogen functional groups attached to an aromatic ring is 1. The Hall–Kier alpha value is -7.92. The Balaban J connectivity index is 1.26.